The van der Waals surface area contributed by atoms with Crippen molar-refractivity contribution in [2.75, 3.05) is 6.54 Å². The van der Waals surface area contributed by atoms with Gasteiger partial charge in [0.2, 0.25) is 0 Å². The van der Waals surface area contributed by atoms with Crippen LogP contribution in [0.4, 0.5) is 0 Å². The molecule has 0 aromatic rings. The lowest BCUT2D eigenvalue weighted by atomic mass is 9.99. The molecular weight excluding hydrogens is 172 g/mol. The molecule has 0 N–H and O–H groups in total. The predicted molar refractivity (Wildman–Crippen MR) is 58.9 cm³/mol. The van der Waals surface area contributed by atoms with E-state index in [0.717, 1.165) is 6.54 Å². The number of likely N-dealkylation sites (tertiary alicyclic amines) is 1. The molecule has 1 aliphatic rings. The first-order valence-corrected chi connectivity index (χ1v) is 5.69. The van der Waals surface area contributed by atoms with Crippen LogP contribution in [0.3, 0.4) is 0 Å². The third kappa shape index (κ3) is 2.99. The first-order valence-electron chi connectivity index (χ1n) is 5.69. The largest absolute Gasteiger partial charge is 0.295 e. The van der Waals surface area contributed by atoms with Gasteiger partial charge in [-0.3, -0.25) is 4.90 Å². The van der Waals surface area contributed by atoms with Gasteiger partial charge in [0, 0.05) is 11.6 Å². The summed E-state index contributed by atoms with van der Waals surface area (Å²) in [5, 5.41) is 8.82. The molecule has 1 fully saturated rings. The summed E-state index contributed by atoms with van der Waals surface area (Å²) >= 11 is 0. The Kier molecular flexibility index (Phi) is 3.95. The average molecular weight is 194 g/mol. The molecule has 0 saturated carbocycles. The van der Waals surface area contributed by atoms with Gasteiger partial charge in [-0.2, -0.15) is 5.26 Å². The quantitative estimate of drug-likeness (QED) is 0.641. The van der Waals surface area contributed by atoms with E-state index in [1.54, 1.807) is 0 Å². The molecule has 0 aliphatic carbocycles. The molecule has 1 unspecified atom stereocenters. The van der Waals surface area contributed by atoms with Gasteiger partial charge in [0.15, 0.2) is 0 Å². The van der Waals surface area contributed by atoms with Crippen molar-refractivity contribution >= 4 is 0 Å². The van der Waals surface area contributed by atoms with Gasteiger partial charge in [-0.05, 0) is 40.2 Å². The second-order valence-corrected chi connectivity index (χ2v) is 5.23. The van der Waals surface area contributed by atoms with Crippen molar-refractivity contribution in [3.8, 4) is 6.07 Å². The molecule has 0 bridgehead atoms. The second-order valence-electron chi connectivity index (χ2n) is 5.23. The Morgan fingerprint density at radius 2 is 2.00 bits per heavy atom. The Balaban J connectivity index is 2.70. The predicted octanol–water partition coefficient (Wildman–Crippen LogP) is 2.94. The van der Waals surface area contributed by atoms with Crippen LogP contribution in [0.15, 0.2) is 0 Å². The minimum absolute atomic E-state index is 0.214. The van der Waals surface area contributed by atoms with Crippen molar-refractivity contribution in [1.82, 2.24) is 4.90 Å². The van der Waals surface area contributed by atoms with Crippen LogP contribution in [0.5, 0.6) is 0 Å². The highest BCUT2D eigenvalue weighted by molar-refractivity contribution is 4.90. The van der Waals surface area contributed by atoms with Crippen LogP contribution < -0.4 is 0 Å². The normalized spacial score (nSPS) is 25.4. The third-order valence-corrected chi connectivity index (χ3v) is 3.07. The van der Waals surface area contributed by atoms with Gasteiger partial charge >= 0.3 is 0 Å². The van der Waals surface area contributed by atoms with Crippen molar-refractivity contribution in [3.05, 3.63) is 0 Å². The molecule has 0 aromatic carbocycles. The molecule has 0 radical (unpaired) electrons. The van der Waals surface area contributed by atoms with Crippen LogP contribution in [0, 0.1) is 11.3 Å². The summed E-state index contributed by atoms with van der Waals surface area (Å²) in [4.78, 5) is 2.52. The SMILES string of the molecule is CC(C)(C)N1CCCCCC1CC#N. The zero-order valence-electron chi connectivity index (χ0n) is 9.71. The molecule has 1 aliphatic heterocycles. The average Bonchev–Trinajstić information content (AvgIpc) is 2.29. The van der Waals surface area contributed by atoms with Gasteiger partial charge in [0.25, 0.3) is 0 Å². The van der Waals surface area contributed by atoms with Gasteiger partial charge in [-0.1, -0.05) is 12.8 Å². The molecule has 1 atom stereocenters. The van der Waals surface area contributed by atoms with Crippen molar-refractivity contribution in [2.45, 2.75) is 64.5 Å². The number of nitrogens with zero attached hydrogens (tertiary/aromatic N) is 2. The van der Waals surface area contributed by atoms with E-state index in [1.165, 1.54) is 25.7 Å². The minimum Gasteiger partial charge on any atom is -0.295 e. The Hall–Kier alpha value is -0.550. The Labute approximate surface area is 87.9 Å². The molecule has 14 heavy (non-hydrogen) atoms. The summed E-state index contributed by atoms with van der Waals surface area (Å²) in [6.07, 6.45) is 5.80. The van der Waals surface area contributed by atoms with Crippen LogP contribution in [0.25, 0.3) is 0 Å². The molecule has 1 rings (SSSR count). The molecule has 2 nitrogen and oxygen atoms in total. The lowest BCUT2D eigenvalue weighted by Crippen LogP contribution is -2.47. The molecule has 80 valence electrons. The van der Waals surface area contributed by atoms with E-state index in [4.69, 9.17) is 5.26 Å². The van der Waals surface area contributed by atoms with Crippen molar-refractivity contribution in [2.24, 2.45) is 0 Å². The highest BCUT2D eigenvalue weighted by Gasteiger charge is 2.29. The van der Waals surface area contributed by atoms with E-state index in [-0.39, 0.29) is 5.54 Å². The summed E-state index contributed by atoms with van der Waals surface area (Å²) in [5.41, 5.74) is 0.214. The molecule has 0 aromatic heterocycles. The summed E-state index contributed by atoms with van der Waals surface area (Å²) in [6, 6.07) is 2.81. The maximum atomic E-state index is 8.82. The zero-order valence-corrected chi connectivity index (χ0v) is 9.71. The van der Waals surface area contributed by atoms with Gasteiger partial charge in [-0.25, -0.2) is 0 Å². The highest BCUT2D eigenvalue weighted by Crippen LogP contribution is 2.26. The van der Waals surface area contributed by atoms with Gasteiger partial charge in [0.05, 0.1) is 12.5 Å². The number of rotatable bonds is 1. The van der Waals surface area contributed by atoms with E-state index in [0.29, 0.717) is 12.5 Å². The van der Waals surface area contributed by atoms with E-state index < -0.39 is 0 Å². The Morgan fingerprint density at radius 3 is 2.57 bits per heavy atom. The van der Waals surface area contributed by atoms with E-state index >= 15 is 0 Å². The molecule has 2 heteroatoms. The third-order valence-electron chi connectivity index (χ3n) is 3.07. The molecular formula is C12H22N2. The zero-order chi connectivity index (χ0) is 10.6. The number of nitriles is 1. The smallest absolute Gasteiger partial charge is 0.0638 e. The lowest BCUT2D eigenvalue weighted by molar-refractivity contribution is 0.0868. The van der Waals surface area contributed by atoms with Crippen LogP contribution in [-0.2, 0) is 0 Å². The van der Waals surface area contributed by atoms with Gasteiger partial charge < -0.3 is 0 Å². The topological polar surface area (TPSA) is 27.0 Å². The van der Waals surface area contributed by atoms with Crippen LogP contribution in [0.1, 0.15) is 52.9 Å². The first kappa shape index (κ1) is 11.5. The van der Waals surface area contributed by atoms with E-state index in [1.807, 2.05) is 0 Å². The van der Waals surface area contributed by atoms with Crippen molar-refractivity contribution < 1.29 is 0 Å². The summed E-state index contributed by atoms with van der Waals surface area (Å²) in [6.45, 7) is 7.92. The molecule has 0 spiro atoms. The van der Waals surface area contributed by atoms with E-state index in [2.05, 4.69) is 31.7 Å². The summed E-state index contributed by atoms with van der Waals surface area (Å²) < 4.78 is 0. The van der Waals surface area contributed by atoms with E-state index in [9.17, 15) is 0 Å². The monoisotopic (exact) mass is 194 g/mol. The molecule has 0 amide bonds. The fraction of sp³-hybridized carbons (Fsp3) is 0.917. The summed E-state index contributed by atoms with van der Waals surface area (Å²) in [7, 11) is 0. The van der Waals surface area contributed by atoms with Crippen molar-refractivity contribution in [3.63, 3.8) is 0 Å². The lowest BCUT2D eigenvalue weighted by Gasteiger charge is -2.40. The highest BCUT2D eigenvalue weighted by atomic mass is 15.2. The van der Waals surface area contributed by atoms with Crippen LogP contribution in [-0.4, -0.2) is 23.0 Å². The first-order chi connectivity index (χ1) is 6.55. The van der Waals surface area contributed by atoms with Gasteiger partial charge in [0.1, 0.15) is 0 Å². The van der Waals surface area contributed by atoms with Gasteiger partial charge in [-0.15, -0.1) is 0 Å². The standard InChI is InChI=1S/C12H22N2/c1-12(2,3)14-10-6-4-5-7-11(14)8-9-13/h11H,4-8,10H2,1-3H3. The molecule has 1 heterocycles. The maximum absolute atomic E-state index is 8.82. The second kappa shape index (κ2) is 4.79. The Bertz CT molecular complexity index is 209. The maximum Gasteiger partial charge on any atom is 0.0638 e. The fourth-order valence-electron chi connectivity index (χ4n) is 2.38. The van der Waals surface area contributed by atoms with Crippen LogP contribution >= 0.6 is 0 Å². The van der Waals surface area contributed by atoms with Crippen molar-refractivity contribution in [1.29, 1.82) is 5.26 Å². The minimum atomic E-state index is 0.214. The Morgan fingerprint density at radius 1 is 1.29 bits per heavy atom. The number of hydrogen-bond acceptors (Lipinski definition) is 2. The van der Waals surface area contributed by atoms with Crippen LogP contribution in [0.2, 0.25) is 0 Å². The molecule has 1 saturated heterocycles. The number of hydrogen-bond donors (Lipinski definition) is 0. The fourth-order valence-corrected chi connectivity index (χ4v) is 2.38. The summed E-state index contributed by atoms with van der Waals surface area (Å²) in [5.74, 6) is 0.